The minimum atomic E-state index is -4.38. The number of benzene rings is 1. The predicted molar refractivity (Wildman–Crippen MR) is 77.2 cm³/mol. The van der Waals surface area contributed by atoms with E-state index in [1.807, 2.05) is 0 Å². The molecule has 1 atom stereocenters. The third kappa shape index (κ3) is 4.45. The lowest BCUT2D eigenvalue weighted by molar-refractivity contribution is -0.137. The molecule has 7 heteroatoms. The standard InChI is InChI=1S/C15H20F3N3O/c1-20-12(13(22)21-9-14(19)5-6-14)8-10-3-2-4-11(7-10)15(16,17)18/h2-4,7,12,20H,5-6,8-9,19H2,1H3,(H,21,22)/t12-/m0/s1. The zero-order chi connectivity index (χ0) is 16.4. The maximum Gasteiger partial charge on any atom is 0.416 e. The van der Waals surface area contributed by atoms with Crippen molar-refractivity contribution in [3.63, 3.8) is 0 Å². The summed E-state index contributed by atoms with van der Waals surface area (Å²) in [5, 5.41) is 5.58. The Morgan fingerprint density at radius 2 is 2.09 bits per heavy atom. The van der Waals surface area contributed by atoms with E-state index in [1.165, 1.54) is 6.07 Å². The molecule has 122 valence electrons. The molecule has 0 saturated heterocycles. The van der Waals surface area contributed by atoms with Crippen LogP contribution in [0, 0.1) is 0 Å². The molecule has 4 N–H and O–H groups in total. The van der Waals surface area contributed by atoms with Crippen molar-refractivity contribution in [2.24, 2.45) is 5.73 Å². The van der Waals surface area contributed by atoms with Gasteiger partial charge in [0.05, 0.1) is 11.6 Å². The molecule has 1 aromatic rings. The molecule has 1 saturated carbocycles. The lowest BCUT2D eigenvalue weighted by Crippen LogP contribution is -2.48. The lowest BCUT2D eigenvalue weighted by atomic mass is 10.0. The van der Waals surface area contributed by atoms with Crippen molar-refractivity contribution in [3.8, 4) is 0 Å². The van der Waals surface area contributed by atoms with Gasteiger partial charge in [0.15, 0.2) is 0 Å². The fourth-order valence-corrected chi connectivity index (χ4v) is 2.16. The molecule has 0 aliphatic heterocycles. The van der Waals surface area contributed by atoms with Crippen LogP contribution in [0.3, 0.4) is 0 Å². The summed E-state index contributed by atoms with van der Waals surface area (Å²) in [6.45, 7) is 0.395. The van der Waals surface area contributed by atoms with Crippen LogP contribution in [0.1, 0.15) is 24.0 Å². The van der Waals surface area contributed by atoms with Gasteiger partial charge in [0.25, 0.3) is 0 Å². The molecule has 1 aliphatic carbocycles. The van der Waals surface area contributed by atoms with Gasteiger partial charge in [-0.15, -0.1) is 0 Å². The Kier molecular flexibility index (Phi) is 4.77. The number of alkyl halides is 3. The van der Waals surface area contributed by atoms with Crippen molar-refractivity contribution >= 4 is 5.91 Å². The number of hydrogen-bond donors (Lipinski definition) is 3. The van der Waals surface area contributed by atoms with Gasteiger partial charge in [-0.05, 0) is 37.9 Å². The Bertz CT molecular complexity index is 541. The zero-order valence-electron chi connectivity index (χ0n) is 12.3. The molecule has 4 nitrogen and oxygen atoms in total. The highest BCUT2D eigenvalue weighted by molar-refractivity contribution is 5.82. The van der Waals surface area contributed by atoms with Crippen LogP contribution in [0.25, 0.3) is 0 Å². The predicted octanol–water partition coefficient (Wildman–Crippen LogP) is 1.44. The summed E-state index contributed by atoms with van der Waals surface area (Å²) >= 11 is 0. The summed E-state index contributed by atoms with van der Waals surface area (Å²) in [5.74, 6) is -0.253. The minimum absolute atomic E-state index is 0.184. The molecule has 0 spiro atoms. The van der Waals surface area contributed by atoms with E-state index in [0.29, 0.717) is 12.1 Å². The van der Waals surface area contributed by atoms with Crippen molar-refractivity contribution in [3.05, 3.63) is 35.4 Å². The Morgan fingerprint density at radius 3 is 2.64 bits per heavy atom. The van der Waals surface area contributed by atoms with Crippen LogP contribution in [0.15, 0.2) is 24.3 Å². The Morgan fingerprint density at radius 1 is 1.41 bits per heavy atom. The molecule has 0 radical (unpaired) electrons. The SMILES string of the molecule is CN[C@@H](Cc1cccc(C(F)(F)F)c1)C(=O)NCC1(N)CC1. The van der Waals surface area contributed by atoms with Crippen molar-refractivity contribution in [2.75, 3.05) is 13.6 Å². The second-order valence-corrected chi connectivity index (χ2v) is 5.82. The topological polar surface area (TPSA) is 67.2 Å². The molecule has 1 aliphatic rings. The average molecular weight is 315 g/mol. The van der Waals surface area contributed by atoms with E-state index >= 15 is 0 Å². The quantitative estimate of drug-likeness (QED) is 0.744. The van der Waals surface area contributed by atoms with Crippen LogP contribution in [0.5, 0.6) is 0 Å². The van der Waals surface area contributed by atoms with Crippen molar-refractivity contribution < 1.29 is 18.0 Å². The van der Waals surface area contributed by atoms with Gasteiger partial charge in [0.1, 0.15) is 0 Å². The Balaban J connectivity index is 1.98. The van der Waals surface area contributed by atoms with Crippen LogP contribution >= 0.6 is 0 Å². The third-order valence-electron chi connectivity index (χ3n) is 3.87. The fourth-order valence-electron chi connectivity index (χ4n) is 2.16. The summed E-state index contributed by atoms with van der Waals surface area (Å²) in [6.07, 6.45) is -2.44. The molecule has 0 aromatic heterocycles. The summed E-state index contributed by atoms with van der Waals surface area (Å²) in [6, 6.07) is 4.43. The first-order valence-corrected chi connectivity index (χ1v) is 7.13. The highest BCUT2D eigenvalue weighted by Crippen LogP contribution is 2.31. The van der Waals surface area contributed by atoms with Gasteiger partial charge in [-0.2, -0.15) is 13.2 Å². The van der Waals surface area contributed by atoms with Crippen LogP contribution in [0.4, 0.5) is 13.2 Å². The minimum Gasteiger partial charge on any atom is -0.353 e. The fraction of sp³-hybridized carbons (Fsp3) is 0.533. The third-order valence-corrected chi connectivity index (χ3v) is 3.87. The van der Waals surface area contributed by atoms with Gasteiger partial charge in [-0.1, -0.05) is 18.2 Å². The van der Waals surface area contributed by atoms with E-state index in [4.69, 9.17) is 5.73 Å². The van der Waals surface area contributed by atoms with E-state index in [1.54, 1.807) is 13.1 Å². The highest BCUT2D eigenvalue weighted by Gasteiger charge is 2.38. The number of carbonyl (C=O) groups is 1. The van der Waals surface area contributed by atoms with Gasteiger partial charge in [0, 0.05) is 12.1 Å². The normalized spacial score (nSPS) is 17.9. The van der Waals surface area contributed by atoms with Gasteiger partial charge in [-0.3, -0.25) is 4.79 Å². The maximum absolute atomic E-state index is 12.7. The van der Waals surface area contributed by atoms with Crippen LogP contribution in [-0.2, 0) is 17.4 Å². The molecule has 0 bridgehead atoms. The molecule has 0 unspecified atom stereocenters. The van der Waals surface area contributed by atoms with Crippen LogP contribution in [0.2, 0.25) is 0 Å². The molecule has 2 rings (SSSR count). The van der Waals surface area contributed by atoms with Gasteiger partial charge >= 0.3 is 6.18 Å². The van der Waals surface area contributed by atoms with Crippen molar-refractivity contribution in [1.82, 2.24) is 10.6 Å². The second-order valence-electron chi connectivity index (χ2n) is 5.82. The molecule has 0 heterocycles. The first-order chi connectivity index (χ1) is 10.2. The van der Waals surface area contributed by atoms with E-state index in [-0.39, 0.29) is 17.9 Å². The largest absolute Gasteiger partial charge is 0.416 e. The number of halogens is 3. The number of nitrogens with one attached hydrogen (secondary N) is 2. The lowest BCUT2D eigenvalue weighted by Gasteiger charge is -2.18. The zero-order valence-corrected chi connectivity index (χ0v) is 12.3. The number of rotatable bonds is 6. The summed E-state index contributed by atoms with van der Waals surface area (Å²) in [5.41, 5.74) is 5.34. The maximum atomic E-state index is 12.7. The average Bonchev–Trinajstić information content (AvgIpc) is 3.20. The van der Waals surface area contributed by atoms with E-state index in [2.05, 4.69) is 10.6 Å². The Labute approximate surface area is 127 Å². The smallest absolute Gasteiger partial charge is 0.353 e. The number of hydrogen-bond acceptors (Lipinski definition) is 3. The number of likely N-dealkylation sites (N-methyl/N-ethyl adjacent to an activating group) is 1. The highest BCUT2D eigenvalue weighted by atomic mass is 19.4. The first kappa shape index (κ1) is 16.8. The van der Waals surface area contributed by atoms with Gasteiger partial charge < -0.3 is 16.4 Å². The summed E-state index contributed by atoms with van der Waals surface area (Å²) in [4.78, 5) is 12.1. The molecular weight excluding hydrogens is 295 g/mol. The number of carbonyl (C=O) groups excluding carboxylic acids is 1. The van der Waals surface area contributed by atoms with E-state index in [0.717, 1.165) is 25.0 Å². The van der Waals surface area contributed by atoms with Gasteiger partial charge in [0.2, 0.25) is 5.91 Å². The molecular formula is C15H20F3N3O. The Hall–Kier alpha value is -1.60. The molecule has 1 fully saturated rings. The van der Waals surface area contributed by atoms with E-state index < -0.39 is 17.8 Å². The summed E-state index contributed by atoms with van der Waals surface area (Å²) in [7, 11) is 1.60. The van der Waals surface area contributed by atoms with Crippen LogP contribution < -0.4 is 16.4 Å². The van der Waals surface area contributed by atoms with Gasteiger partial charge in [-0.25, -0.2) is 0 Å². The first-order valence-electron chi connectivity index (χ1n) is 7.13. The molecule has 22 heavy (non-hydrogen) atoms. The number of amides is 1. The van der Waals surface area contributed by atoms with E-state index in [9.17, 15) is 18.0 Å². The number of nitrogens with two attached hydrogens (primary N) is 1. The molecule has 1 amide bonds. The van der Waals surface area contributed by atoms with Crippen LogP contribution in [-0.4, -0.2) is 31.1 Å². The second kappa shape index (κ2) is 6.26. The van der Waals surface area contributed by atoms with Crippen molar-refractivity contribution in [1.29, 1.82) is 0 Å². The van der Waals surface area contributed by atoms with Crippen molar-refractivity contribution in [2.45, 2.75) is 37.0 Å². The molecule has 1 aromatic carbocycles. The summed E-state index contributed by atoms with van der Waals surface area (Å²) < 4.78 is 38.1. The monoisotopic (exact) mass is 315 g/mol.